The zero-order chi connectivity index (χ0) is 13.7. The smallest absolute Gasteiger partial charge is 0.125 e. The maximum atomic E-state index is 9.78. The lowest BCUT2D eigenvalue weighted by Crippen LogP contribution is -2.48. The molecule has 4 saturated carbocycles. The monoisotopic (exact) mass is 269 g/mol. The highest BCUT2D eigenvalue weighted by Gasteiger charge is 2.51. The quantitative estimate of drug-likeness (QED) is 0.467. The van der Waals surface area contributed by atoms with Crippen LogP contribution in [-0.4, -0.2) is 5.11 Å². The summed E-state index contributed by atoms with van der Waals surface area (Å²) in [5.41, 5.74) is 10.5. The summed E-state index contributed by atoms with van der Waals surface area (Å²) in [6.07, 6.45) is 8.08. The van der Waals surface area contributed by atoms with Crippen LogP contribution in [0, 0.1) is 17.8 Å². The molecule has 4 aliphatic carbocycles. The van der Waals surface area contributed by atoms with Gasteiger partial charge >= 0.3 is 0 Å². The zero-order valence-corrected chi connectivity index (χ0v) is 11.5. The summed E-state index contributed by atoms with van der Waals surface area (Å²) in [6, 6.07) is 5.65. The fraction of sp³-hybridized carbons (Fsp3) is 0.625. The number of rotatable bonds is 2. The van der Waals surface area contributed by atoms with Gasteiger partial charge in [-0.2, -0.15) is 0 Å². The van der Waals surface area contributed by atoms with Crippen LogP contribution in [-0.2, 0) is 5.41 Å². The molecule has 104 valence electrons. The molecule has 0 saturated heterocycles. The fourth-order valence-electron chi connectivity index (χ4n) is 5.45. The van der Waals surface area contributed by atoms with Gasteiger partial charge in [-0.05, 0) is 84.9 Å². The van der Waals surface area contributed by atoms with Crippen LogP contribution in [0.15, 0.2) is 23.3 Å². The number of azide groups is 1. The number of phenols is 1. The van der Waals surface area contributed by atoms with Gasteiger partial charge in [0.15, 0.2) is 0 Å². The summed E-state index contributed by atoms with van der Waals surface area (Å²) in [7, 11) is 0. The second-order valence-electron chi connectivity index (χ2n) is 7.09. The molecular formula is C16H19N3O. The van der Waals surface area contributed by atoms with Crippen LogP contribution in [0.3, 0.4) is 0 Å². The highest BCUT2D eigenvalue weighted by atomic mass is 16.3. The summed E-state index contributed by atoms with van der Waals surface area (Å²) < 4.78 is 0. The molecule has 4 heteroatoms. The molecule has 4 aliphatic rings. The first-order valence-electron chi connectivity index (χ1n) is 7.57. The summed E-state index contributed by atoms with van der Waals surface area (Å²) in [5.74, 6) is 2.74. The van der Waals surface area contributed by atoms with Crippen molar-refractivity contribution in [2.24, 2.45) is 22.9 Å². The van der Waals surface area contributed by atoms with E-state index < -0.39 is 0 Å². The number of benzene rings is 1. The molecule has 0 amide bonds. The van der Waals surface area contributed by atoms with E-state index in [0.29, 0.717) is 5.69 Å². The minimum atomic E-state index is 0.0799. The van der Waals surface area contributed by atoms with Crippen molar-refractivity contribution in [2.75, 3.05) is 0 Å². The molecule has 0 heterocycles. The Bertz CT molecular complexity index is 568. The van der Waals surface area contributed by atoms with Crippen molar-refractivity contribution in [3.05, 3.63) is 34.2 Å². The Kier molecular flexibility index (Phi) is 2.52. The fourth-order valence-corrected chi connectivity index (χ4v) is 5.45. The molecule has 0 aliphatic heterocycles. The van der Waals surface area contributed by atoms with E-state index in [2.05, 4.69) is 10.0 Å². The van der Waals surface area contributed by atoms with Crippen LogP contribution >= 0.6 is 0 Å². The largest absolute Gasteiger partial charge is 0.507 e. The van der Waals surface area contributed by atoms with Crippen LogP contribution in [0.25, 0.3) is 10.4 Å². The molecule has 0 atom stereocenters. The normalized spacial score (nSPS) is 37.7. The molecule has 0 unspecified atom stereocenters. The topological polar surface area (TPSA) is 69.0 Å². The van der Waals surface area contributed by atoms with E-state index in [0.717, 1.165) is 17.8 Å². The van der Waals surface area contributed by atoms with Crippen LogP contribution in [0.2, 0.25) is 0 Å². The van der Waals surface area contributed by atoms with E-state index in [1.54, 1.807) is 6.07 Å². The summed E-state index contributed by atoms with van der Waals surface area (Å²) in [5, 5.41) is 13.4. The lowest BCUT2D eigenvalue weighted by Gasteiger charge is -2.57. The molecule has 0 aromatic heterocycles. The van der Waals surface area contributed by atoms with E-state index >= 15 is 0 Å². The van der Waals surface area contributed by atoms with Gasteiger partial charge in [0, 0.05) is 4.91 Å². The zero-order valence-electron chi connectivity index (χ0n) is 11.5. The molecule has 5 rings (SSSR count). The van der Waals surface area contributed by atoms with E-state index in [-0.39, 0.29) is 11.2 Å². The third-order valence-electron chi connectivity index (χ3n) is 5.78. The van der Waals surface area contributed by atoms with Crippen molar-refractivity contribution < 1.29 is 5.11 Å². The average molecular weight is 269 g/mol. The van der Waals surface area contributed by atoms with Crippen molar-refractivity contribution in [1.82, 2.24) is 0 Å². The van der Waals surface area contributed by atoms with Gasteiger partial charge in [0.1, 0.15) is 5.75 Å². The van der Waals surface area contributed by atoms with Crippen LogP contribution in [0.5, 0.6) is 5.75 Å². The number of hydrogen-bond donors (Lipinski definition) is 1. The Balaban J connectivity index is 1.77. The van der Waals surface area contributed by atoms with Crippen LogP contribution < -0.4 is 0 Å². The van der Waals surface area contributed by atoms with Crippen molar-refractivity contribution in [2.45, 2.75) is 43.9 Å². The molecule has 1 aromatic carbocycles. The van der Waals surface area contributed by atoms with Crippen LogP contribution in [0.1, 0.15) is 44.1 Å². The van der Waals surface area contributed by atoms with Gasteiger partial charge in [0.2, 0.25) is 0 Å². The van der Waals surface area contributed by atoms with Gasteiger partial charge in [-0.1, -0.05) is 11.2 Å². The molecule has 4 fully saturated rings. The molecule has 20 heavy (non-hydrogen) atoms. The lowest BCUT2D eigenvalue weighted by atomic mass is 9.48. The number of nitrogens with zero attached hydrogens (tertiary/aromatic N) is 3. The Hall–Kier alpha value is -1.67. The van der Waals surface area contributed by atoms with Gasteiger partial charge in [-0.25, -0.2) is 0 Å². The highest BCUT2D eigenvalue weighted by molar-refractivity contribution is 5.54. The molecule has 0 radical (unpaired) electrons. The molecule has 4 nitrogen and oxygen atoms in total. The summed E-state index contributed by atoms with van der Waals surface area (Å²) in [6.45, 7) is 0. The molecular weight excluding hydrogens is 250 g/mol. The van der Waals surface area contributed by atoms with Gasteiger partial charge in [-0.3, -0.25) is 0 Å². The van der Waals surface area contributed by atoms with E-state index in [9.17, 15) is 5.11 Å². The SMILES string of the molecule is [N-]=[N+]=Nc1cc(C23CC4CC(CC(C4)C2)C3)ccc1O. The van der Waals surface area contributed by atoms with Crippen molar-refractivity contribution in [3.63, 3.8) is 0 Å². The van der Waals surface area contributed by atoms with Crippen molar-refractivity contribution in [1.29, 1.82) is 0 Å². The third kappa shape index (κ3) is 1.71. The first kappa shape index (κ1) is 12.1. The Labute approximate surface area is 118 Å². The van der Waals surface area contributed by atoms with Gasteiger partial charge in [-0.15, -0.1) is 0 Å². The van der Waals surface area contributed by atoms with E-state index in [1.165, 1.54) is 44.1 Å². The first-order chi connectivity index (χ1) is 9.68. The average Bonchev–Trinajstić information content (AvgIpc) is 2.40. The number of phenolic OH excluding ortho intramolecular Hbond substituents is 1. The molecule has 1 N–H and O–H groups in total. The predicted octanol–water partition coefficient (Wildman–Crippen LogP) is 4.80. The number of aromatic hydroxyl groups is 1. The highest BCUT2D eigenvalue weighted by Crippen LogP contribution is 2.61. The van der Waals surface area contributed by atoms with Crippen molar-refractivity contribution >= 4 is 5.69 Å². The van der Waals surface area contributed by atoms with E-state index in [1.807, 2.05) is 12.1 Å². The van der Waals surface area contributed by atoms with Gasteiger partial charge < -0.3 is 5.11 Å². The third-order valence-corrected chi connectivity index (χ3v) is 5.78. The maximum Gasteiger partial charge on any atom is 0.125 e. The Morgan fingerprint density at radius 3 is 2.25 bits per heavy atom. The minimum absolute atomic E-state index is 0.0799. The Morgan fingerprint density at radius 2 is 1.70 bits per heavy atom. The minimum Gasteiger partial charge on any atom is -0.507 e. The second kappa shape index (κ2) is 4.16. The molecule has 1 aromatic rings. The summed E-state index contributed by atoms with van der Waals surface area (Å²) >= 11 is 0. The second-order valence-corrected chi connectivity index (χ2v) is 7.09. The van der Waals surface area contributed by atoms with E-state index in [4.69, 9.17) is 5.53 Å². The van der Waals surface area contributed by atoms with Gasteiger partial charge in [0.25, 0.3) is 0 Å². The predicted molar refractivity (Wildman–Crippen MR) is 76.8 cm³/mol. The molecule has 4 bridgehead atoms. The van der Waals surface area contributed by atoms with Crippen LogP contribution in [0.4, 0.5) is 5.69 Å². The van der Waals surface area contributed by atoms with Crippen molar-refractivity contribution in [3.8, 4) is 5.75 Å². The number of hydrogen-bond acceptors (Lipinski definition) is 2. The summed E-state index contributed by atoms with van der Waals surface area (Å²) in [4.78, 5) is 2.82. The molecule has 0 spiro atoms. The maximum absolute atomic E-state index is 9.78. The first-order valence-corrected chi connectivity index (χ1v) is 7.57. The standard InChI is InChI=1S/C16H19N3O/c17-19-18-14-6-13(1-2-15(14)20)16-7-10-3-11(8-16)5-12(4-10)9-16/h1-2,6,10-12,20H,3-5,7-9H2. The Morgan fingerprint density at radius 1 is 1.10 bits per heavy atom. The lowest BCUT2D eigenvalue weighted by molar-refractivity contribution is -0.00518. The van der Waals surface area contributed by atoms with Gasteiger partial charge in [0.05, 0.1) is 5.69 Å².